The minimum atomic E-state index is -0.368. The number of rotatable bonds is 5. The van der Waals surface area contributed by atoms with Crippen LogP contribution < -0.4 is 5.56 Å². The van der Waals surface area contributed by atoms with Gasteiger partial charge in [-0.1, -0.05) is 24.3 Å². The Morgan fingerprint density at radius 1 is 1.12 bits per heavy atom. The minimum Gasteiger partial charge on any atom is -0.467 e. The van der Waals surface area contributed by atoms with Gasteiger partial charge < -0.3 is 4.42 Å². The Balaban J connectivity index is 1.32. The van der Waals surface area contributed by atoms with Crippen LogP contribution in [0.2, 0.25) is 0 Å². The summed E-state index contributed by atoms with van der Waals surface area (Å²) in [5, 5.41) is 12.6. The van der Waals surface area contributed by atoms with E-state index < -0.39 is 0 Å². The maximum Gasteiger partial charge on any atom is 0.264 e. The van der Waals surface area contributed by atoms with Gasteiger partial charge in [0, 0.05) is 6.42 Å². The van der Waals surface area contributed by atoms with Crippen molar-refractivity contribution in [1.82, 2.24) is 24.3 Å². The van der Waals surface area contributed by atoms with Crippen LogP contribution in [-0.4, -0.2) is 36.0 Å². The van der Waals surface area contributed by atoms with Gasteiger partial charge in [-0.2, -0.15) is 10.2 Å². The zero-order valence-electron chi connectivity index (χ0n) is 17.8. The van der Waals surface area contributed by atoms with Crippen LogP contribution in [0.5, 0.6) is 0 Å². The molecule has 5 heterocycles. The highest BCUT2D eigenvalue weighted by molar-refractivity contribution is 7.12. The Bertz CT molecular complexity index is 1550. The van der Waals surface area contributed by atoms with Crippen molar-refractivity contribution in [2.75, 3.05) is 0 Å². The van der Waals surface area contributed by atoms with Crippen LogP contribution in [0.1, 0.15) is 23.1 Å². The highest BCUT2D eigenvalue weighted by atomic mass is 32.1. The molecule has 1 aliphatic heterocycles. The van der Waals surface area contributed by atoms with Crippen LogP contribution in [0.3, 0.4) is 0 Å². The number of furan rings is 1. The molecule has 1 amide bonds. The molecule has 0 saturated carbocycles. The van der Waals surface area contributed by atoms with Crippen LogP contribution >= 0.6 is 11.3 Å². The number of hydrogen-bond donors (Lipinski definition) is 0. The second-order valence-electron chi connectivity index (χ2n) is 7.80. The SMILES string of the molecule is O=C(Cn1cnc2c(cnn2-c2ccccc2)c1=O)N1N=C(c2cccs2)CC1c1ccco1. The number of carbonyl (C=O) groups is 1. The summed E-state index contributed by atoms with van der Waals surface area (Å²) in [6.45, 7) is -0.198. The van der Waals surface area contributed by atoms with E-state index >= 15 is 0 Å². The smallest absolute Gasteiger partial charge is 0.264 e. The van der Waals surface area contributed by atoms with E-state index in [9.17, 15) is 9.59 Å². The quantitative estimate of drug-likeness (QED) is 0.391. The number of hydrogen-bond acceptors (Lipinski definition) is 7. The van der Waals surface area contributed by atoms with E-state index in [4.69, 9.17) is 4.42 Å². The second-order valence-corrected chi connectivity index (χ2v) is 8.75. The van der Waals surface area contributed by atoms with Crippen molar-refractivity contribution in [3.8, 4) is 5.69 Å². The Labute approximate surface area is 197 Å². The first-order valence-corrected chi connectivity index (χ1v) is 11.5. The molecule has 0 radical (unpaired) electrons. The Morgan fingerprint density at radius 2 is 2.00 bits per heavy atom. The molecule has 0 spiro atoms. The van der Waals surface area contributed by atoms with E-state index in [1.54, 1.807) is 28.3 Å². The molecule has 1 aromatic carbocycles. The average Bonchev–Trinajstić information content (AvgIpc) is 3.67. The standard InChI is InChI=1S/C24H18N6O3S/c31-22(30-19(20-8-4-10-33-20)12-18(27-30)21-9-5-11-34-21)14-28-15-25-23-17(24(28)32)13-26-29(23)16-6-2-1-3-7-16/h1-11,13,15,19H,12,14H2. The zero-order chi connectivity index (χ0) is 23.1. The van der Waals surface area contributed by atoms with Gasteiger partial charge in [0.15, 0.2) is 5.65 Å². The van der Waals surface area contributed by atoms with Crippen LogP contribution in [-0.2, 0) is 11.3 Å². The number of thiophene rings is 1. The molecule has 1 aliphatic rings. The molecule has 10 heteroatoms. The highest BCUT2D eigenvalue weighted by Crippen LogP contribution is 2.34. The third-order valence-electron chi connectivity index (χ3n) is 5.70. The topological polar surface area (TPSA) is 98.5 Å². The highest BCUT2D eigenvalue weighted by Gasteiger charge is 2.35. The predicted octanol–water partition coefficient (Wildman–Crippen LogP) is 3.61. The molecule has 5 aromatic rings. The molecular formula is C24H18N6O3S. The van der Waals surface area contributed by atoms with E-state index in [1.165, 1.54) is 22.1 Å². The number of nitrogens with zero attached hydrogens (tertiary/aromatic N) is 6. The third kappa shape index (κ3) is 3.44. The molecule has 0 aliphatic carbocycles. The number of aromatic nitrogens is 4. The number of fused-ring (bicyclic) bond motifs is 1. The van der Waals surface area contributed by atoms with Crippen LogP contribution in [0.15, 0.2) is 93.1 Å². The third-order valence-corrected chi connectivity index (χ3v) is 6.62. The number of carbonyl (C=O) groups excluding carboxylic acids is 1. The molecule has 1 atom stereocenters. The summed E-state index contributed by atoms with van der Waals surface area (Å²) in [5.74, 6) is 0.320. The van der Waals surface area contributed by atoms with Crippen molar-refractivity contribution >= 4 is 34.0 Å². The number of para-hydroxylation sites is 1. The first kappa shape index (κ1) is 20.3. The van der Waals surface area contributed by atoms with Crippen molar-refractivity contribution < 1.29 is 9.21 Å². The molecule has 0 saturated heterocycles. The van der Waals surface area contributed by atoms with Crippen molar-refractivity contribution in [3.05, 3.63) is 99.8 Å². The van der Waals surface area contributed by atoms with Crippen LogP contribution in [0, 0.1) is 0 Å². The Kier molecular flexibility index (Phi) is 4.92. The van der Waals surface area contributed by atoms with E-state index in [2.05, 4.69) is 15.2 Å². The Morgan fingerprint density at radius 3 is 2.76 bits per heavy atom. The Hall–Kier alpha value is -4.31. The maximum atomic E-state index is 13.3. The number of benzene rings is 1. The summed E-state index contributed by atoms with van der Waals surface area (Å²) >= 11 is 1.57. The second kappa shape index (κ2) is 8.23. The van der Waals surface area contributed by atoms with Gasteiger partial charge in [-0.25, -0.2) is 14.7 Å². The fourth-order valence-electron chi connectivity index (χ4n) is 4.07. The fraction of sp³-hybridized carbons (Fsp3) is 0.125. The van der Waals surface area contributed by atoms with Crippen molar-refractivity contribution in [2.24, 2.45) is 5.10 Å². The molecular weight excluding hydrogens is 452 g/mol. The van der Waals surface area contributed by atoms with E-state index in [0.29, 0.717) is 23.2 Å². The number of amides is 1. The predicted molar refractivity (Wildman–Crippen MR) is 127 cm³/mol. The minimum absolute atomic E-state index is 0.198. The lowest BCUT2D eigenvalue weighted by Crippen LogP contribution is -2.34. The lowest BCUT2D eigenvalue weighted by atomic mass is 10.1. The summed E-state index contributed by atoms with van der Waals surface area (Å²) in [5.41, 5.74) is 1.71. The first-order valence-electron chi connectivity index (χ1n) is 10.6. The van der Waals surface area contributed by atoms with Crippen LogP contribution in [0.4, 0.5) is 0 Å². The fourth-order valence-corrected chi connectivity index (χ4v) is 4.79. The van der Waals surface area contributed by atoms with Crippen molar-refractivity contribution in [3.63, 3.8) is 0 Å². The normalized spacial score (nSPS) is 15.7. The molecule has 6 rings (SSSR count). The van der Waals surface area contributed by atoms with Gasteiger partial charge in [-0.15, -0.1) is 11.3 Å². The maximum absolute atomic E-state index is 13.3. The zero-order valence-corrected chi connectivity index (χ0v) is 18.6. The molecule has 9 nitrogen and oxygen atoms in total. The van der Waals surface area contributed by atoms with Gasteiger partial charge in [0.1, 0.15) is 30.1 Å². The van der Waals surface area contributed by atoms with Crippen molar-refractivity contribution in [2.45, 2.75) is 19.0 Å². The van der Waals surface area contributed by atoms with Gasteiger partial charge in [0.05, 0.1) is 28.7 Å². The molecule has 34 heavy (non-hydrogen) atoms. The molecule has 0 N–H and O–H groups in total. The van der Waals surface area contributed by atoms with Gasteiger partial charge in [0.2, 0.25) is 0 Å². The van der Waals surface area contributed by atoms with Crippen LogP contribution in [0.25, 0.3) is 16.7 Å². The van der Waals surface area contributed by atoms with E-state index in [1.807, 2.05) is 53.9 Å². The summed E-state index contributed by atoms with van der Waals surface area (Å²) in [4.78, 5) is 31.9. The molecule has 0 bridgehead atoms. The van der Waals surface area contributed by atoms with Gasteiger partial charge in [-0.3, -0.25) is 14.2 Å². The molecule has 4 aromatic heterocycles. The van der Waals surface area contributed by atoms with Gasteiger partial charge in [0.25, 0.3) is 11.5 Å². The monoisotopic (exact) mass is 470 g/mol. The summed E-state index contributed by atoms with van der Waals surface area (Å²) in [6, 6.07) is 16.6. The van der Waals surface area contributed by atoms with Gasteiger partial charge in [-0.05, 0) is 35.7 Å². The largest absolute Gasteiger partial charge is 0.467 e. The number of hydrazone groups is 1. The lowest BCUT2D eigenvalue weighted by molar-refractivity contribution is -0.134. The average molecular weight is 471 g/mol. The van der Waals surface area contributed by atoms with Gasteiger partial charge >= 0.3 is 0 Å². The van der Waals surface area contributed by atoms with Crippen molar-refractivity contribution in [1.29, 1.82) is 0 Å². The molecule has 168 valence electrons. The lowest BCUT2D eigenvalue weighted by Gasteiger charge is -2.20. The van der Waals surface area contributed by atoms with E-state index in [-0.39, 0.29) is 24.1 Å². The molecule has 1 unspecified atom stereocenters. The summed E-state index contributed by atoms with van der Waals surface area (Å²) in [7, 11) is 0. The van der Waals surface area contributed by atoms with E-state index in [0.717, 1.165) is 16.3 Å². The first-order chi connectivity index (χ1) is 16.7. The summed E-state index contributed by atoms with van der Waals surface area (Å²) < 4.78 is 8.48. The summed E-state index contributed by atoms with van der Waals surface area (Å²) in [6.07, 6.45) is 4.97. The molecule has 0 fully saturated rings.